The molecule has 0 radical (unpaired) electrons. The van der Waals surface area contributed by atoms with Crippen molar-refractivity contribution in [3.05, 3.63) is 48.0 Å². The van der Waals surface area contributed by atoms with E-state index in [1.54, 1.807) is 0 Å². The van der Waals surface area contributed by atoms with Gasteiger partial charge >= 0.3 is 0 Å². The van der Waals surface area contributed by atoms with E-state index in [0.29, 0.717) is 0 Å². The Morgan fingerprint density at radius 1 is 1.09 bits per heavy atom. The van der Waals surface area contributed by atoms with Crippen LogP contribution in [-0.2, 0) is 6.54 Å². The summed E-state index contributed by atoms with van der Waals surface area (Å²) in [7, 11) is 2.15. The van der Waals surface area contributed by atoms with Crippen molar-refractivity contribution in [1.82, 2.24) is 25.2 Å². The van der Waals surface area contributed by atoms with Crippen LogP contribution in [0.15, 0.2) is 36.8 Å². The first-order valence-corrected chi connectivity index (χ1v) is 8.11. The summed E-state index contributed by atoms with van der Waals surface area (Å²) in [5.74, 6) is 0.833. The first kappa shape index (κ1) is 15.8. The normalized spacial score (nSPS) is 17.2. The molecule has 2 aromatic rings. The summed E-state index contributed by atoms with van der Waals surface area (Å²) < 4.78 is 0. The Balaban J connectivity index is 1.53. The second-order valence-electron chi connectivity index (χ2n) is 6.04. The van der Waals surface area contributed by atoms with Gasteiger partial charge in [-0.2, -0.15) is 0 Å². The van der Waals surface area contributed by atoms with Crippen molar-refractivity contribution in [2.24, 2.45) is 0 Å². The average molecular weight is 312 g/mol. The van der Waals surface area contributed by atoms with E-state index in [1.807, 2.05) is 36.8 Å². The summed E-state index contributed by atoms with van der Waals surface area (Å²) in [5.41, 5.74) is 2.13. The molecule has 0 aliphatic carbocycles. The lowest BCUT2D eigenvalue weighted by molar-refractivity contribution is 0.311. The van der Waals surface area contributed by atoms with E-state index in [9.17, 15) is 0 Å². The van der Waals surface area contributed by atoms with Crippen LogP contribution in [0.4, 0.5) is 5.95 Å². The summed E-state index contributed by atoms with van der Waals surface area (Å²) in [5, 5.41) is 3.46. The van der Waals surface area contributed by atoms with Crippen molar-refractivity contribution >= 4 is 5.95 Å². The smallest absolute Gasteiger partial charge is 0.225 e. The summed E-state index contributed by atoms with van der Waals surface area (Å²) in [6.07, 6.45) is 5.65. The van der Waals surface area contributed by atoms with Crippen LogP contribution in [0.5, 0.6) is 0 Å². The van der Waals surface area contributed by atoms with E-state index in [4.69, 9.17) is 0 Å². The lowest BCUT2D eigenvalue weighted by atomic mass is 10.2. The van der Waals surface area contributed by atoms with Gasteiger partial charge in [0.2, 0.25) is 5.95 Å². The second-order valence-corrected chi connectivity index (χ2v) is 6.04. The number of anilines is 1. The molecule has 122 valence electrons. The maximum Gasteiger partial charge on any atom is 0.225 e. The van der Waals surface area contributed by atoms with Crippen LogP contribution in [-0.4, -0.2) is 53.1 Å². The van der Waals surface area contributed by atoms with Crippen molar-refractivity contribution in [3.63, 3.8) is 0 Å². The van der Waals surface area contributed by atoms with Crippen LogP contribution in [0.1, 0.15) is 24.2 Å². The monoisotopic (exact) mass is 312 g/mol. The van der Waals surface area contributed by atoms with Gasteiger partial charge in [0.15, 0.2) is 0 Å². The molecule has 3 rings (SSSR count). The third kappa shape index (κ3) is 4.24. The molecule has 0 spiro atoms. The van der Waals surface area contributed by atoms with Crippen molar-refractivity contribution < 1.29 is 0 Å². The molecular formula is C17H24N6. The van der Waals surface area contributed by atoms with Crippen LogP contribution < -0.4 is 10.2 Å². The van der Waals surface area contributed by atoms with E-state index >= 15 is 0 Å². The molecule has 1 aliphatic heterocycles. The molecule has 1 atom stereocenters. The molecule has 0 bridgehead atoms. The second kappa shape index (κ2) is 7.48. The minimum atomic E-state index is 0.202. The fourth-order valence-corrected chi connectivity index (χ4v) is 2.62. The Morgan fingerprint density at radius 2 is 1.83 bits per heavy atom. The molecular weight excluding hydrogens is 288 g/mol. The molecule has 3 heterocycles. The van der Waals surface area contributed by atoms with E-state index < -0.39 is 0 Å². The van der Waals surface area contributed by atoms with Crippen molar-refractivity contribution in [1.29, 1.82) is 0 Å². The molecule has 1 saturated heterocycles. The van der Waals surface area contributed by atoms with Crippen LogP contribution in [0, 0.1) is 0 Å². The summed E-state index contributed by atoms with van der Waals surface area (Å²) in [6.45, 7) is 6.96. The van der Waals surface area contributed by atoms with Gasteiger partial charge in [-0.25, -0.2) is 9.97 Å². The van der Waals surface area contributed by atoms with Gasteiger partial charge in [0, 0.05) is 62.9 Å². The van der Waals surface area contributed by atoms with E-state index in [2.05, 4.69) is 44.0 Å². The number of nitrogens with one attached hydrogen (secondary N) is 1. The molecule has 0 amide bonds. The Hall–Kier alpha value is -2.05. The largest absolute Gasteiger partial charge is 0.338 e. The number of likely N-dealkylation sites (N-methyl/N-ethyl adjacent to an activating group) is 1. The Kier molecular flexibility index (Phi) is 5.15. The van der Waals surface area contributed by atoms with Gasteiger partial charge in [0.05, 0.1) is 5.69 Å². The standard InChI is InChI=1S/C17H24N6/c1-14(16-5-3-4-6-18-16)19-11-15-12-20-17(21-13-15)23-9-7-22(2)8-10-23/h3-6,12-14,19H,7-11H2,1-2H3. The van der Waals surface area contributed by atoms with Crippen molar-refractivity contribution in [2.45, 2.75) is 19.5 Å². The first-order valence-electron chi connectivity index (χ1n) is 8.11. The zero-order valence-electron chi connectivity index (χ0n) is 13.8. The molecule has 1 unspecified atom stereocenters. The van der Waals surface area contributed by atoms with Gasteiger partial charge in [-0.15, -0.1) is 0 Å². The number of aromatic nitrogens is 3. The maximum atomic E-state index is 4.52. The summed E-state index contributed by atoms with van der Waals surface area (Å²) in [6, 6.07) is 6.17. The number of piperazine rings is 1. The Bertz CT molecular complexity index is 592. The van der Waals surface area contributed by atoms with Crippen LogP contribution in [0.2, 0.25) is 0 Å². The van der Waals surface area contributed by atoms with Gasteiger partial charge in [-0.05, 0) is 26.1 Å². The summed E-state index contributed by atoms with van der Waals surface area (Å²) in [4.78, 5) is 18.0. The highest BCUT2D eigenvalue weighted by Crippen LogP contribution is 2.12. The van der Waals surface area contributed by atoms with Gasteiger partial charge in [-0.3, -0.25) is 4.98 Å². The minimum absolute atomic E-state index is 0.202. The van der Waals surface area contributed by atoms with Crippen LogP contribution >= 0.6 is 0 Å². The SMILES string of the molecule is CC(NCc1cnc(N2CCN(C)CC2)nc1)c1ccccn1. The lowest BCUT2D eigenvalue weighted by Crippen LogP contribution is -2.45. The van der Waals surface area contributed by atoms with Crippen molar-refractivity contribution in [2.75, 3.05) is 38.1 Å². The lowest BCUT2D eigenvalue weighted by Gasteiger charge is -2.32. The van der Waals surface area contributed by atoms with E-state index in [0.717, 1.165) is 49.9 Å². The molecule has 1 fully saturated rings. The highest BCUT2D eigenvalue weighted by Gasteiger charge is 2.16. The summed E-state index contributed by atoms with van der Waals surface area (Å²) >= 11 is 0. The Labute approximate surface area is 137 Å². The van der Waals surface area contributed by atoms with E-state index in [1.165, 1.54) is 0 Å². The fraction of sp³-hybridized carbons (Fsp3) is 0.471. The van der Waals surface area contributed by atoms with Crippen LogP contribution in [0.25, 0.3) is 0 Å². The topological polar surface area (TPSA) is 57.2 Å². The predicted molar refractivity (Wildman–Crippen MR) is 91.2 cm³/mol. The zero-order valence-corrected chi connectivity index (χ0v) is 13.8. The van der Waals surface area contributed by atoms with Crippen LogP contribution in [0.3, 0.4) is 0 Å². The van der Waals surface area contributed by atoms with E-state index in [-0.39, 0.29) is 6.04 Å². The van der Waals surface area contributed by atoms with Gasteiger partial charge in [0.1, 0.15) is 0 Å². The molecule has 0 aromatic carbocycles. The number of rotatable bonds is 5. The predicted octanol–water partition coefficient (Wildman–Crippen LogP) is 1.47. The maximum absolute atomic E-state index is 4.52. The third-order valence-electron chi connectivity index (χ3n) is 4.22. The molecule has 2 aromatic heterocycles. The number of pyridine rings is 1. The van der Waals surface area contributed by atoms with Gasteiger partial charge in [0.25, 0.3) is 0 Å². The zero-order chi connectivity index (χ0) is 16.1. The molecule has 6 heteroatoms. The molecule has 6 nitrogen and oxygen atoms in total. The van der Waals surface area contributed by atoms with Gasteiger partial charge in [-0.1, -0.05) is 6.07 Å². The third-order valence-corrected chi connectivity index (χ3v) is 4.22. The van der Waals surface area contributed by atoms with Crippen molar-refractivity contribution in [3.8, 4) is 0 Å². The molecule has 23 heavy (non-hydrogen) atoms. The number of nitrogens with zero attached hydrogens (tertiary/aromatic N) is 5. The highest BCUT2D eigenvalue weighted by atomic mass is 15.3. The average Bonchev–Trinajstić information content (AvgIpc) is 2.61. The first-order chi connectivity index (χ1) is 11.2. The molecule has 1 aliphatic rings. The molecule has 1 N–H and O–H groups in total. The highest BCUT2D eigenvalue weighted by molar-refractivity contribution is 5.30. The minimum Gasteiger partial charge on any atom is -0.338 e. The Morgan fingerprint density at radius 3 is 2.48 bits per heavy atom. The quantitative estimate of drug-likeness (QED) is 0.902. The molecule has 0 saturated carbocycles. The number of hydrogen-bond donors (Lipinski definition) is 1. The van der Waals surface area contributed by atoms with Gasteiger partial charge < -0.3 is 15.1 Å². The fourth-order valence-electron chi connectivity index (χ4n) is 2.62. The number of hydrogen-bond acceptors (Lipinski definition) is 6.